The third-order valence-electron chi connectivity index (χ3n) is 15.7. The first-order valence-corrected chi connectivity index (χ1v) is 29.8. The highest BCUT2D eigenvalue weighted by atomic mass is 32.2. The fourth-order valence-corrected chi connectivity index (χ4v) is 12.2. The highest BCUT2D eigenvalue weighted by Crippen LogP contribution is 2.48. The number of halogens is 3. The summed E-state index contributed by atoms with van der Waals surface area (Å²) in [5, 5.41) is 41.5. The number of carbonyl (C=O) groups is 6. The van der Waals surface area contributed by atoms with Crippen molar-refractivity contribution >= 4 is 53.4 Å². The Morgan fingerprint density at radius 3 is 2.34 bits per heavy atom. The zero-order chi connectivity index (χ0) is 60.5. The lowest BCUT2D eigenvalue weighted by Gasteiger charge is -2.44. The molecule has 1 aliphatic carbocycles. The molecule has 0 radical (unpaired) electrons. The zero-order valence-corrected chi connectivity index (χ0v) is 49.3. The van der Waals surface area contributed by atoms with E-state index in [-0.39, 0.29) is 117 Å². The summed E-state index contributed by atoms with van der Waals surface area (Å²) >= 11 is 1.51. The molecule has 2 fully saturated rings. The molecule has 3 aliphatic heterocycles. The fourth-order valence-electron chi connectivity index (χ4n) is 11.6. The number of nitrogens with zero attached hydrogens (tertiary/aromatic N) is 7. The first-order chi connectivity index (χ1) is 39.8. The van der Waals surface area contributed by atoms with Gasteiger partial charge in [-0.15, -0.1) is 22.0 Å². The van der Waals surface area contributed by atoms with Crippen molar-refractivity contribution in [1.29, 1.82) is 0 Å². The van der Waals surface area contributed by atoms with Crippen LogP contribution in [0, 0.1) is 5.92 Å². The maximum atomic E-state index is 15.4. The number of aromatic nitrogens is 4. The Kier molecular flexibility index (Phi) is 24.0. The van der Waals surface area contributed by atoms with Gasteiger partial charge >= 0.3 is 6.18 Å². The van der Waals surface area contributed by atoms with Gasteiger partial charge in [-0.3, -0.25) is 38.6 Å². The van der Waals surface area contributed by atoms with Crippen LogP contribution >= 0.6 is 11.8 Å². The smallest absolute Gasteiger partial charge is 0.416 e. The molecule has 2 aromatic heterocycles. The van der Waals surface area contributed by atoms with E-state index in [2.05, 4.69) is 27.8 Å². The van der Waals surface area contributed by atoms with Gasteiger partial charge in [-0.2, -0.15) is 13.2 Å². The normalized spacial score (nSPS) is 18.7. The number of piperidine rings is 1. The van der Waals surface area contributed by atoms with Crippen LogP contribution in [0.2, 0.25) is 0 Å². The third kappa shape index (κ3) is 16.9. The summed E-state index contributed by atoms with van der Waals surface area (Å²) in [5.74, 6) is -0.0677. The van der Waals surface area contributed by atoms with Crippen molar-refractivity contribution in [1.82, 2.24) is 35.3 Å². The Hall–Kier alpha value is -6.53. The van der Waals surface area contributed by atoms with Crippen LogP contribution in [0.5, 0.6) is 5.75 Å². The van der Waals surface area contributed by atoms with Crippen LogP contribution in [-0.2, 0) is 63.9 Å². The summed E-state index contributed by atoms with van der Waals surface area (Å²) in [7, 11) is 2.89. The lowest BCUT2D eigenvalue weighted by atomic mass is 9.62. The van der Waals surface area contributed by atoms with Crippen molar-refractivity contribution in [2.45, 2.75) is 153 Å². The first kappa shape index (κ1) is 65.6. The standard InChI is InChI=1S/C57H70F3N9O9S.C2H6.CH4O/c1-4-79-51-28-40(56(17-9-18-56)30-49-65-63-36-66(49)3)27-48(64-51)68-31-45-43(55(68)77)25-39(26-46(45)57(58,59)60)34-69(22-8-10-37(2)32-69)33-38-12-13-47(78-42(35-71)29-41(72)16-23-70)44(24-38)54(76)62-20-19-61-50(73)11-6-5-7-21-67-52(74)14-15-53(67)75;2*1-2/h12-15,24-28,35-37,41-42,70,72H,4-11,16-23,29-34H2,1-3H3,(H-,61,62,73,76);1-2H3;2H,1H3/p+1/t37-,41?,42?,69?;;/m0../s1. The number of benzene rings is 2. The number of alkyl halides is 3. The number of pyridine rings is 1. The number of aliphatic hydroxyl groups is 3. The minimum atomic E-state index is -4.78. The average molecular weight is 1180 g/mol. The van der Waals surface area contributed by atoms with E-state index in [4.69, 9.17) is 14.8 Å². The van der Waals surface area contributed by atoms with Crippen molar-refractivity contribution in [2.75, 3.05) is 57.1 Å². The molecule has 5 amide bonds. The predicted molar refractivity (Wildman–Crippen MR) is 307 cm³/mol. The number of aryl methyl sites for hydroxylation is 1. The second kappa shape index (κ2) is 30.3. The molecule has 452 valence electrons. The highest BCUT2D eigenvalue weighted by molar-refractivity contribution is 7.99. The Morgan fingerprint density at radius 1 is 0.976 bits per heavy atom. The lowest BCUT2D eigenvalue weighted by molar-refractivity contribution is -0.960. The molecule has 3 unspecified atom stereocenters. The van der Waals surface area contributed by atoms with Gasteiger partial charge in [0.05, 0.1) is 41.9 Å². The van der Waals surface area contributed by atoms with E-state index < -0.39 is 35.8 Å². The van der Waals surface area contributed by atoms with Crippen LogP contribution in [0.15, 0.2) is 66.0 Å². The number of nitrogens with one attached hydrogen (secondary N) is 2. The van der Waals surface area contributed by atoms with Gasteiger partial charge in [-0.25, -0.2) is 4.98 Å². The van der Waals surface area contributed by atoms with E-state index in [0.717, 1.165) is 55.5 Å². The van der Waals surface area contributed by atoms with Crippen molar-refractivity contribution < 1.29 is 66.5 Å². The minimum Gasteiger partial charge on any atom is -0.482 e. The summed E-state index contributed by atoms with van der Waals surface area (Å²) in [6.45, 7) is 9.47. The summed E-state index contributed by atoms with van der Waals surface area (Å²) in [5.41, 5.74) is 0.740. The van der Waals surface area contributed by atoms with Gasteiger partial charge in [0.15, 0.2) is 12.4 Å². The number of thioether (sulfide) groups is 1. The second-order valence-electron chi connectivity index (χ2n) is 21.6. The number of imide groups is 1. The number of quaternary nitrogens is 1. The number of unbranched alkanes of at least 4 members (excludes halogenated alkanes) is 2. The number of likely N-dealkylation sites (tertiary alicyclic amines) is 1. The monoisotopic (exact) mass is 1180 g/mol. The van der Waals surface area contributed by atoms with Gasteiger partial charge in [0, 0.05) is 99.8 Å². The molecule has 1 saturated heterocycles. The van der Waals surface area contributed by atoms with E-state index in [1.54, 1.807) is 30.6 Å². The van der Waals surface area contributed by atoms with Crippen molar-refractivity contribution in [3.63, 3.8) is 0 Å². The molecule has 8 rings (SSSR count). The molecule has 4 aromatic rings. The molecule has 4 aliphatic rings. The van der Waals surface area contributed by atoms with Crippen LogP contribution in [0.3, 0.4) is 0 Å². The number of carbonyl (C=O) groups excluding carboxylic acids is 6. The van der Waals surface area contributed by atoms with E-state index in [1.807, 2.05) is 44.5 Å². The number of aldehydes is 1. The topological polar surface area (TPSA) is 246 Å². The van der Waals surface area contributed by atoms with Gasteiger partial charge in [0.1, 0.15) is 36.8 Å². The summed E-state index contributed by atoms with van der Waals surface area (Å²) < 4.78 is 54.4. The molecule has 23 heteroatoms. The molecular weight excluding hydrogens is 1100 g/mol. The maximum absolute atomic E-state index is 15.4. The molecule has 0 spiro atoms. The minimum absolute atomic E-state index is 0.000477. The molecule has 5 N–H and O–H groups in total. The first-order valence-electron chi connectivity index (χ1n) is 28.8. The largest absolute Gasteiger partial charge is 0.482 e. The number of amides is 5. The Bertz CT molecular complexity index is 2920. The van der Waals surface area contributed by atoms with Crippen molar-refractivity contribution in [2.24, 2.45) is 13.0 Å². The number of ether oxygens (including phenoxy) is 1. The summed E-state index contributed by atoms with van der Waals surface area (Å²) in [6.07, 6.45) is 4.33. The van der Waals surface area contributed by atoms with Crippen LogP contribution in [0.4, 0.5) is 19.0 Å². The second-order valence-corrected chi connectivity index (χ2v) is 22.9. The molecular formula is C60H81F3N9O10S+. The Balaban J connectivity index is 0.00000271. The molecule has 1 saturated carbocycles. The van der Waals surface area contributed by atoms with Gasteiger partial charge in [-0.05, 0) is 104 Å². The molecule has 19 nitrogen and oxygen atoms in total. The van der Waals surface area contributed by atoms with Gasteiger partial charge in [-0.1, -0.05) is 40.5 Å². The lowest BCUT2D eigenvalue weighted by Crippen LogP contribution is -2.52. The maximum Gasteiger partial charge on any atom is 0.416 e. The molecule has 4 atom stereocenters. The fraction of sp³-hybridized carbons (Fsp3) is 0.550. The third-order valence-corrected chi connectivity index (χ3v) is 16.5. The van der Waals surface area contributed by atoms with Crippen LogP contribution < -0.4 is 20.3 Å². The van der Waals surface area contributed by atoms with Gasteiger partial charge in [0.2, 0.25) is 5.91 Å². The van der Waals surface area contributed by atoms with E-state index in [9.17, 15) is 39.0 Å². The molecule has 0 bridgehead atoms. The van der Waals surface area contributed by atoms with Crippen LogP contribution in [0.25, 0.3) is 0 Å². The summed E-state index contributed by atoms with van der Waals surface area (Å²) in [4.78, 5) is 84.6. The van der Waals surface area contributed by atoms with E-state index >= 15 is 13.2 Å². The van der Waals surface area contributed by atoms with Gasteiger partial charge in [0.25, 0.3) is 23.6 Å². The number of aliphatic hydroxyl groups excluding tert-OH is 3. The number of anilines is 1. The SMILES string of the molecule is CC.CCSc1cc(C2(Cc3nncn3C)CCC2)cc(N2Cc3c(cc(C[N+]4(Cc5ccc(OC(C=O)CC(O)CCO)c(C(=O)NCCNC(=O)CCCCCN6C(=O)C=CC6=O)c5)CCC[C@H](C)C4)cc3C(F)(F)F)C2=O)n1.CO. The zero-order valence-electron chi connectivity index (χ0n) is 48.5. The molecule has 2 aromatic carbocycles. The molecule has 83 heavy (non-hydrogen) atoms. The highest BCUT2D eigenvalue weighted by Gasteiger charge is 2.45. The van der Waals surface area contributed by atoms with E-state index in [1.165, 1.54) is 34.9 Å². The molecule has 5 heterocycles. The average Bonchev–Trinajstić information content (AvgIpc) is 3.29. The Morgan fingerprint density at radius 2 is 1.70 bits per heavy atom. The van der Waals surface area contributed by atoms with Crippen LogP contribution in [-0.4, -0.2) is 145 Å². The van der Waals surface area contributed by atoms with Crippen molar-refractivity contribution in [3.8, 4) is 5.75 Å². The predicted octanol–water partition coefficient (Wildman–Crippen LogP) is 7.16. The van der Waals surface area contributed by atoms with Crippen molar-refractivity contribution in [3.05, 3.63) is 106 Å². The quantitative estimate of drug-likeness (QED) is 0.0131. The number of rotatable bonds is 27. The van der Waals surface area contributed by atoms with E-state index in [0.29, 0.717) is 77.3 Å². The Labute approximate surface area is 488 Å². The summed E-state index contributed by atoms with van der Waals surface area (Å²) in [6, 6.07) is 11.6. The number of hydrogen-bond acceptors (Lipinski definition) is 14. The van der Waals surface area contributed by atoms with Gasteiger partial charge < -0.3 is 39.7 Å². The van der Waals surface area contributed by atoms with Crippen LogP contribution in [0.1, 0.15) is 153 Å². The number of hydrogen-bond donors (Lipinski definition) is 5. The number of fused-ring (bicyclic) bond motifs is 1.